The average Bonchev–Trinajstić information content (AvgIpc) is 2.95. The minimum Gasteiger partial charge on any atom is -0.339 e. The molecule has 0 amide bonds. The van der Waals surface area contributed by atoms with Crippen LogP contribution in [0, 0.1) is 0 Å². The molecule has 1 heterocycles. The molecule has 1 unspecified atom stereocenters. The smallest absolute Gasteiger partial charge is 0.226 e. The molecular formula is C12H21N3O. The maximum Gasteiger partial charge on any atom is 0.226 e. The highest BCUT2D eigenvalue weighted by molar-refractivity contribution is 4.98. The molecule has 1 aromatic rings. The summed E-state index contributed by atoms with van der Waals surface area (Å²) in [4.78, 5) is 4.49. The third-order valence-electron chi connectivity index (χ3n) is 3.49. The van der Waals surface area contributed by atoms with Crippen molar-refractivity contribution in [2.45, 2.75) is 57.4 Å². The van der Waals surface area contributed by atoms with Crippen molar-refractivity contribution in [3.05, 3.63) is 11.7 Å². The van der Waals surface area contributed by atoms with E-state index in [1.807, 2.05) is 7.05 Å². The summed E-state index contributed by atoms with van der Waals surface area (Å²) in [5, 5.41) is 7.30. The second-order valence-electron chi connectivity index (χ2n) is 4.76. The fourth-order valence-electron chi connectivity index (χ4n) is 2.20. The normalized spacial score (nSPS) is 19.1. The first kappa shape index (κ1) is 11.6. The third-order valence-corrected chi connectivity index (χ3v) is 3.49. The summed E-state index contributed by atoms with van der Waals surface area (Å²) in [6.45, 7) is 2.16. The van der Waals surface area contributed by atoms with Crippen LogP contribution in [0.2, 0.25) is 0 Å². The summed E-state index contributed by atoms with van der Waals surface area (Å²) in [6.07, 6.45) is 7.00. The maximum absolute atomic E-state index is 5.28. The molecule has 0 spiro atoms. The lowest BCUT2D eigenvalue weighted by Gasteiger charge is -2.06. The highest BCUT2D eigenvalue weighted by atomic mass is 16.5. The van der Waals surface area contributed by atoms with Crippen LogP contribution in [0.25, 0.3) is 0 Å². The van der Waals surface area contributed by atoms with Crippen LogP contribution in [0.15, 0.2) is 4.52 Å². The molecule has 1 aliphatic rings. The van der Waals surface area contributed by atoms with Gasteiger partial charge in [-0.15, -0.1) is 0 Å². The predicted molar refractivity (Wildman–Crippen MR) is 62.3 cm³/mol. The van der Waals surface area contributed by atoms with E-state index in [1.165, 1.54) is 25.7 Å². The van der Waals surface area contributed by atoms with E-state index >= 15 is 0 Å². The van der Waals surface area contributed by atoms with Gasteiger partial charge in [-0.25, -0.2) is 0 Å². The Hall–Kier alpha value is -0.900. The third kappa shape index (κ3) is 2.82. The van der Waals surface area contributed by atoms with Crippen molar-refractivity contribution < 1.29 is 4.52 Å². The van der Waals surface area contributed by atoms with Crippen LogP contribution in [0.3, 0.4) is 0 Å². The Morgan fingerprint density at radius 3 is 2.88 bits per heavy atom. The molecule has 0 saturated heterocycles. The lowest BCUT2D eigenvalue weighted by atomic mass is 10.1. The molecule has 0 aromatic carbocycles. The van der Waals surface area contributed by atoms with Gasteiger partial charge in [-0.05, 0) is 33.2 Å². The van der Waals surface area contributed by atoms with Gasteiger partial charge in [0.05, 0.1) is 0 Å². The van der Waals surface area contributed by atoms with Crippen molar-refractivity contribution in [2.75, 3.05) is 7.05 Å². The van der Waals surface area contributed by atoms with E-state index in [1.54, 1.807) is 0 Å². The van der Waals surface area contributed by atoms with Crippen LogP contribution in [0.4, 0.5) is 0 Å². The molecule has 2 rings (SSSR count). The van der Waals surface area contributed by atoms with Crippen molar-refractivity contribution in [2.24, 2.45) is 0 Å². The lowest BCUT2D eigenvalue weighted by molar-refractivity contribution is 0.361. The summed E-state index contributed by atoms with van der Waals surface area (Å²) in [5.41, 5.74) is 0. The summed E-state index contributed by atoms with van der Waals surface area (Å²) < 4.78 is 5.28. The maximum atomic E-state index is 5.28. The van der Waals surface area contributed by atoms with Crippen molar-refractivity contribution in [3.8, 4) is 0 Å². The van der Waals surface area contributed by atoms with Crippen molar-refractivity contribution in [1.29, 1.82) is 0 Å². The highest BCUT2D eigenvalue weighted by Crippen LogP contribution is 2.32. The molecule has 0 aliphatic heterocycles. The first-order valence-electron chi connectivity index (χ1n) is 6.29. The Balaban J connectivity index is 1.86. The molecule has 16 heavy (non-hydrogen) atoms. The minimum atomic E-state index is 0.502. The molecule has 0 bridgehead atoms. The van der Waals surface area contributed by atoms with Crippen LogP contribution >= 0.6 is 0 Å². The largest absolute Gasteiger partial charge is 0.339 e. The molecule has 1 aromatic heterocycles. The number of nitrogens with one attached hydrogen (secondary N) is 1. The van der Waals surface area contributed by atoms with E-state index in [9.17, 15) is 0 Å². The first-order chi connectivity index (χ1) is 7.79. The fourth-order valence-corrected chi connectivity index (χ4v) is 2.20. The zero-order chi connectivity index (χ0) is 11.4. The quantitative estimate of drug-likeness (QED) is 0.832. The van der Waals surface area contributed by atoms with Gasteiger partial charge in [0.25, 0.3) is 0 Å². The fraction of sp³-hybridized carbons (Fsp3) is 0.833. The van der Waals surface area contributed by atoms with E-state index in [0.717, 1.165) is 24.6 Å². The predicted octanol–water partition coefficient (Wildman–Crippen LogP) is 2.27. The van der Waals surface area contributed by atoms with E-state index in [0.29, 0.717) is 12.0 Å². The second-order valence-corrected chi connectivity index (χ2v) is 4.76. The van der Waals surface area contributed by atoms with Crippen molar-refractivity contribution in [3.63, 3.8) is 0 Å². The summed E-state index contributed by atoms with van der Waals surface area (Å²) >= 11 is 0. The van der Waals surface area contributed by atoms with Crippen LogP contribution in [-0.2, 0) is 6.42 Å². The minimum absolute atomic E-state index is 0.502. The summed E-state index contributed by atoms with van der Waals surface area (Å²) in [5.74, 6) is 2.29. The summed E-state index contributed by atoms with van der Waals surface area (Å²) in [6, 6.07) is 0.502. The van der Waals surface area contributed by atoms with E-state index < -0.39 is 0 Å². The van der Waals surface area contributed by atoms with Gasteiger partial charge in [0, 0.05) is 18.4 Å². The number of aromatic nitrogens is 2. The average molecular weight is 223 g/mol. The molecule has 1 aliphatic carbocycles. The van der Waals surface area contributed by atoms with Gasteiger partial charge in [0.2, 0.25) is 5.89 Å². The number of hydrogen-bond acceptors (Lipinski definition) is 4. The number of hydrogen-bond donors (Lipinski definition) is 1. The molecule has 1 N–H and O–H groups in total. The first-order valence-corrected chi connectivity index (χ1v) is 6.29. The number of rotatable bonds is 5. The van der Waals surface area contributed by atoms with Gasteiger partial charge in [0.15, 0.2) is 5.82 Å². The van der Waals surface area contributed by atoms with E-state index in [2.05, 4.69) is 22.4 Å². The van der Waals surface area contributed by atoms with Crippen LogP contribution < -0.4 is 5.32 Å². The standard InChI is InChI=1S/C12H21N3O/c1-9(13-2)7-8-11-14-12(15-16-11)10-5-3-4-6-10/h9-10,13H,3-8H2,1-2H3. The van der Waals surface area contributed by atoms with Gasteiger partial charge < -0.3 is 9.84 Å². The monoisotopic (exact) mass is 223 g/mol. The Labute approximate surface area is 96.8 Å². The van der Waals surface area contributed by atoms with Crippen LogP contribution in [-0.4, -0.2) is 23.2 Å². The second kappa shape index (κ2) is 5.43. The van der Waals surface area contributed by atoms with E-state index in [-0.39, 0.29) is 0 Å². The van der Waals surface area contributed by atoms with Crippen LogP contribution in [0.5, 0.6) is 0 Å². The van der Waals surface area contributed by atoms with Gasteiger partial charge in [-0.1, -0.05) is 18.0 Å². The number of aryl methyl sites for hydroxylation is 1. The van der Waals surface area contributed by atoms with Gasteiger partial charge in [0.1, 0.15) is 0 Å². The van der Waals surface area contributed by atoms with Gasteiger partial charge in [-0.2, -0.15) is 4.98 Å². The van der Waals surface area contributed by atoms with Crippen LogP contribution in [0.1, 0.15) is 56.7 Å². The molecular weight excluding hydrogens is 202 g/mol. The topological polar surface area (TPSA) is 51.0 Å². The van der Waals surface area contributed by atoms with Crippen molar-refractivity contribution in [1.82, 2.24) is 15.5 Å². The number of nitrogens with zero attached hydrogens (tertiary/aromatic N) is 2. The Kier molecular flexibility index (Phi) is 3.93. The molecule has 4 nitrogen and oxygen atoms in total. The molecule has 1 saturated carbocycles. The highest BCUT2D eigenvalue weighted by Gasteiger charge is 2.22. The Morgan fingerprint density at radius 1 is 1.44 bits per heavy atom. The van der Waals surface area contributed by atoms with E-state index in [4.69, 9.17) is 4.52 Å². The molecule has 90 valence electrons. The molecule has 4 heteroatoms. The Morgan fingerprint density at radius 2 is 2.19 bits per heavy atom. The Bertz CT molecular complexity index is 318. The van der Waals surface area contributed by atoms with Crippen molar-refractivity contribution >= 4 is 0 Å². The molecule has 0 radical (unpaired) electrons. The van der Waals surface area contributed by atoms with Gasteiger partial charge in [-0.3, -0.25) is 0 Å². The molecule has 1 fully saturated rings. The van der Waals surface area contributed by atoms with Gasteiger partial charge >= 0.3 is 0 Å². The lowest BCUT2D eigenvalue weighted by Crippen LogP contribution is -2.21. The summed E-state index contributed by atoms with van der Waals surface area (Å²) in [7, 11) is 1.97. The molecule has 1 atom stereocenters. The SMILES string of the molecule is CNC(C)CCc1nc(C2CCCC2)no1. The zero-order valence-corrected chi connectivity index (χ0v) is 10.2. The zero-order valence-electron chi connectivity index (χ0n) is 10.2.